The molecule has 4 rings (SSSR count). The molecule has 6 nitrogen and oxygen atoms in total. The molecule has 2 aromatic carbocycles. The zero-order valence-corrected chi connectivity index (χ0v) is 22.5. The van der Waals surface area contributed by atoms with Gasteiger partial charge in [-0.3, -0.25) is 14.5 Å². The molecular formula is C27H20ClF3N2O4S2. The Balaban J connectivity index is 1.41. The van der Waals surface area contributed by atoms with Gasteiger partial charge in [0.05, 0.1) is 34.9 Å². The predicted molar refractivity (Wildman–Crippen MR) is 147 cm³/mol. The number of ether oxygens (including phenoxy) is 1. The molecule has 1 aliphatic heterocycles. The number of alkyl halides is 3. The van der Waals surface area contributed by atoms with Gasteiger partial charge < -0.3 is 9.84 Å². The van der Waals surface area contributed by atoms with Gasteiger partial charge in [0.25, 0.3) is 5.91 Å². The number of amides is 1. The second kappa shape index (κ2) is 12.2. The highest BCUT2D eigenvalue weighted by molar-refractivity contribution is 8.26. The zero-order valence-electron chi connectivity index (χ0n) is 20.1. The van der Waals surface area contributed by atoms with Gasteiger partial charge in [-0.1, -0.05) is 53.8 Å². The third kappa shape index (κ3) is 7.37. The summed E-state index contributed by atoms with van der Waals surface area (Å²) in [5, 5.41) is 9.05. The number of carboxylic acid groups (broad SMARTS) is 1. The van der Waals surface area contributed by atoms with Crippen molar-refractivity contribution in [2.24, 2.45) is 0 Å². The Morgan fingerprint density at radius 3 is 2.67 bits per heavy atom. The number of thiocarbonyl (C=S) groups is 1. The molecule has 1 aromatic heterocycles. The number of thioether (sulfide) groups is 1. The van der Waals surface area contributed by atoms with Gasteiger partial charge in [-0.2, -0.15) is 13.2 Å². The summed E-state index contributed by atoms with van der Waals surface area (Å²) < 4.78 is 45.6. The van der Waals surface area contributed by atoms with E-state index in [-0.39, 0.29) is 35.2 Å². The van der Waals surface area contributed by atoms with Crippen LogP contribution in [0.15, 0.2) is 65.6 Å². The molecule has 3 aromatic rings. The minimum Gasteiger partial charge on any atom is -0.494 e. The lowest BCUT2D eigenvalue weighted by molar-refractivity contribution is -0.138. The smallest absolute Gasteiger partial charge is 0.416 e. The van der Waals surface area contributed by atoms with E-state index in [1.165, 1.54) is 17.0 Å². The van der Waals surface area contributed by atoms with Crippen molar-refractivity contribution in [3.05, 3.63) is 87.4 Å². The quantitative estimate of drug-likeness (QED) is 0.168. The Morgan fingerprint density at radius 1 is 1.15 bits per heavy atom. The number of nitrogens with zero attached hydrogens (tertiary/aromatic N) is 2. The molecule has 1 amide bonds. The lowest BCUT2D eigenvalue weighted by atomic mass is 10.1. The molecule has 0 spiro atoms. The van der Waals surface area contributed by atoms with Gasteiger partial charge in [0.15, 0.2) is 0 Å². The summed E-state index contributed by atoms with van der Waals surface area (Å²) in [6, 6.07) is 14.6. The zero-order chi connectivity index (χ0) is 28.2. The first kappa shape index (κ1) is 28.6. The highest BCUT2D eigenvalue weighted by atomic mass is 35.5. The summed E-state index contributed by atoms with van der Waals surface area (Å²) in [6.07, 6.45) is -2.62. The van der Waals surface area contributed by atoms with Crippen molar-refractivity contribution in [1.82, 2.24) is 9.88 Å². The summed E-state index contributed by atoms with van der Waals surface area (Å²) in [5.41, 5.74) is 0.510. The number of pyridine rings is 1. The van der Waals surface area contributed by atoms with Crippen LogP contribution in [0.4, 0.5) is 13.2 Å². The average molecular weight is 593 g/mol. The highest BCUT2D eigenvalue weighted by Crippen LogP contribution is 2.36. The van der Waals surface area contributed by atoms with E-state index in [1.807, 2.05) is 0 Å². The normalized spacial score (nSPS) is 14.8. The van der Waals surface area contributed by atoms with Crippen LogP contribution in [0.1, 0.15) is 23.2 Å². The van der Waals surface area contributed by atoms with Gasteiger partial charge in [0.2, 0.25) is 0 Å². The maximum atomic E-state index is 13.2. The largest absolute Gasteiger partial charge is 0.494 e. The molecule has 0 aliphatic carbocycles. The molecule has 1 saturated heterocycles. The van der Waals surface area contributed by atoms with E-state index in [9.17, 15) is 22.8 Å². The summed E-state index contributed by atoms with van der Waals surface area (Å²) in [7, 11) is 0. The van der Waals surface area contributed by atoms with Crippen LogP contribution in [0.25, 0.3) is 17.3 Å². The number of benzene rings is 2. The summed E-state index contributed by atoms with van der Waals surface area (Å²) in [4.78, 5) is 30.0. The Labute approximate surface area is 236 Å². The van der Waals surface area contributed by atoms with Gasteiger partial charge in [0.1, 0.15) is 10.1 Å². The molecule has 0 atom stereocenters. The van der Waals surface area contributed by atoms with Crippen LogP contribution in [0, 0.1) is 0 Å². The SMILES string of the molecule is O=C(O)Cc1cccc(OCCCN2C(=O)/C(=C/c3cccc(-c4cc(C(F)(F)F)ccc4Cl)n3)SC2=S)c1. The number of aliphatic carboxylic acids is 1. The molecule has 1 aliphatic rings. The van der Waals surface area contributed by atoms with Crippen LogP contribution in [0.3, 0.4) is 0 Å². The molecule has 0 radical (unpaired) electrons. The van der Waals surface area contributed by atoms with Gasteiger partial charge in [-0.05, 0) is 60.5 Å². The first-order valence-corrected chi connectivity index (χ1v) is 13.1. The van der Waals surface area contributed by atoms with E-state index in [2.05, 4.69) is 4.98 Å². The number of halogens is 4. The highest BCUT2D eigenvalue weighted by Gasteiger charge is 2.32. The number of carboxylic acids is 1. The Bertz CT molecular complexity index is 1460. The minimum atomic E-state index is -4.53. The number of hydrogen-bond acceptors (Lipinski definition) is 6. The van der Waals surface area contributed by atoms with Crippen LogP contribution in [0.5, 0.6) is 5.75 Å². The number of rotatable bonds is 9. The van der Waals surface area contributed by atoms with Crippen LogP contribution in [-0.4, -0.2) is 44.3 Å². The third-order valence-electron chi connectivity index (χ3n) is 5.54. The van der Waals surface area contributed by atoms with E-state index in [1.54, 1.807) is 42.5 Å². The molecule has 2 heterocycles. The van der Waals surface area contributed by atoms with Gasteiger partial charge >= 0.3 is 12.1 Å². The molecular weight excluding hydrogens is 573 g/mol. The lowest BCUT2D eigenvalue weighted by Gasteiger charge is -2.14. The van der Waals surface area contributed by atoms with Crippen molar-refractivity contribution < 1.29 is 32.6 Å². The first-order chi connectivity index (χ1) is 18.5. The number of carbonyl (C=O) groups excluding carboxylic acids is 1. The van der Waals surface area contributed by atoms with Crippen LogP contribution >= 0.6 is 35.6 Å². The minimum absolute atomic E-state index is 0.106. The molecule has 0 bridgehead atoms. The molecule has 0 unspecified atom stereocenters. The number of carbonyl (C=O) groups is 2. The molecule has 1 fully saturated rings. The molecule has 12 heteroatoms. The van der Waals surface area contributed by atoms with Crippen LogP contribution in [0.2, 0.25) is 5.02 Å². The fraction of sp³-hybridized carbons (Fsp3) is 0.185. The Morgan fingerprint density at radius 2 is 1.92 bits per heavy atom. The standard InChI is InChI=1S/C27H20ClF3N2O4S2/c28-21-9-8-17(27(29,30)31)14-20(21)22-7-2-5-18(32-22)15-23-25(36)33(26(38)39-23)10-3-11-37-19-6-1-4-16(12-19)13-24(34)35/h1-2,4-9,12,14-15H,3,10-11,13H2,(H,34,35)/b23-15-. The maximum Gasteiger partial charge on any atom is 0.416 e. The van der Waals surface area contributed by atoms with Crippen molar-refractivity contribution in [1.29, 1.82) is 0 Å². The van der Waals surface area contributed by atoms with Crippen molar-refractivity contribution >= 4 is 57.9 Å². The molecule has 202 valence electrons. The average Bonchev–Trinajstić information content (AvgIpc) is 3.13. The van der Waals surface area contributed by atoms with E-state index in [0.717, 1.165) is 23.9 Å². The molecule has 39 heavy (non-hydrogen) atoms. The number of aromatic nitrogens is 1. The van der Waals surface area contributed by atoms with Crippen LogP contribution < -0.4 is 4.74 Å². The van der Waals surface area contributed by atoms with Gasteiger partial charge in [0, 0.05) is 17.1 Å². The lowest BCUT2D eigenvalue weighted by Crippen LogP contribution is -2.29. The van der Waals surface area contributed by atoms with Crippen molar-refractivity contribution in [3.63, 3.8) is 0 Å². The van der Waals surface area contributed by atoms with Gasteiger partial charge in [-0.15, -0.1) is 0 Å². The second-order valence-corrected chi connectivity index (χ2v) is 10.5. The van der Waals surface area contributed by atoms with Crippen molar-refractivity contribution in [3.8, 4) is 17.0 Å². The van der Waals surface area contributed by atoms with E-state index in [0.29, 0.717) is 39.2 Å². The van der Waals surface area contributed by atoms with E-state index in [4.69, 9.17) is 33.7 Å². The Kier molecular flexibility index (Phi) is 8.94. The predicted octanol–water partition coefficient (Wildman–Crippen LogP) is 6.72. The summed E-state index contributed by atoms with van der Waals surface area (Å²) in [6.45, 7) is 0.595. The first-order valence-electron chi connectivity index (χ1n) is 11.5. The monoisotopic (exact) mass is 592 g/mol. The fourth-order valence-electron chi connectivity index (χ4n) is 3.74. The fourth-order valence-corrected chi connectivity index (χ4v) is 5.25. The van der Waals surface area contributed by atoms with Gasteiger partial charge in [-0.25, -0.2) is 4.98 Å². The molecule has 0 saturated carbocycles. The Hall–Kier alpha value is -3.41. The van der Waals surface area contributed by atoms with E-state index >= 15 is 0 Å². The number of hydrogen-bond donors (Lipinski definition) is 1. The summed E-state index contributed by atoms with van der Waals surface area (Å²) >= 11 is 12.6. The van der Waals surface area contributed by atoms with E-state index < -0.39 is 17.7 Å². The second-order valence-electron chi connectivity index (χ2n) is 8.39. The molecule has 1 N–H and O–H groups in total. The summed E-state index contributed by atoms with van der Waals surface area (Å²) in [5.74, 6) is -0.709. The van der Waals surface area contributed by atoms with Crippen LogP contribution in [-0.2, 0) is 22.2 Å². The third-order valence-corrected chi connectivity index (χ3v) is 7.25. The van der Waals surface area contributed by atoms with Crippen molar-refractivity contribution in [2.75, 3.05) is 13.2 Å². The van der Waals surface area contributed by atoms with Crippen molar-refractivity contribution in [2.45, 2.75) is 19.0 Å². The topological polar surface area (TPSA) is 79.7 Å². The maximum absolute atomic E-state index is 13.2.